The van der Waals surface area contributed by atoms with Gasteiger partial charge in [0.25, 0.3) is 0 Å². The van der Waals surface area contributed by atoms with Gasteiger partial charge in [0, 0.05) is 13.1 Å². The number of rotatable bonds is 6. The summed E-state index contributed by atoms with van der Waals surface area (Å²) in [6.07, 6.45) is -4.32. The minimum Gasteiger partial charge on any atom is -0.466 e. The Morgan fingerprint density at radius 3 is 2.40 bits per heavy atom. The number of alkyl halides is 3. The zero-order valence-electron chi connectivity index (χ0n) is 11.5. The second-order valence-electron chi connectivity index (χ2n) is 4.48. The summed E-state index contributed by atoms with van der Waals surface area (Å²) in [5.41, 5.74) is 0.0650. The molecule has 0 fully saturated rings. The Bertz CT molecular complexity index is 429. The van der Waals surface area contributed by atoms with Gasteiger partial charge in [-0.1, -0.05) is 19.1 Å². The highest BCUT2D eigenvalue weighted by atomic mass is 19.4. The van der Waals surface area contributed by atoms with Gasteiger partial charge in [-0.15, -0.1) is 0 Å². The smallest absolute Gasteiger partial charge is 0.416 e. The van der Waals surface area contributed by atoms with Crippen molar-refractivity contribution in [1.82, 2.24) is 5.32 Å². The van der Waals surface area contributed by atoms with Gasteiger partial charge in [0.05, 0.1) is 18.1 Å². The number of nitrogens with one attached hydrogen (secondary N) is 1. The van der Waals surface area contributed by atoms with E-state index in [1.54, 1.807) is 13.8 Å². The Labute approximate surface area is 116 Å². The third kappa shape index (κ3) is 5.21. The number of hydrogen-bond acceptors (Lipinski definition) is 3. The summed E-state index contributed by atoms with van der Waals surface area (Å²) in [4.78, 5) is 11.4. The maximum absolute atomic E-state index is 12.4. The number of carbonyl (C=O) groups is 1. The number of benzene rings is 1. The molecule has 6 heteroatoms. The highest BCUT2D eigenvalue weighted by Crippen LogP contribution is 2.28. The lowest BCUT2D eigenvalue weighted by Gasteiger charge is -2.12. The van der Waals surface area contributed by atoms with Crippen molar-refractivity contribution in [2.75, 3.05) is 13.2 Å². The van der Waals surface area contributed by atoms with E-state index in [9.17, 15) is 18.0 Å². The largest absolute Gasteiger partial charge is 0.466 e. The fourth-order valence-electron chi connectivity index (χ4n) is 1.61. The average Bonchev–Trinajstić information content (AvgIpc) is 2.38. The van der Waals surface area contributed by atoms with Gasteiger partial charge in [0.15, 0.2) is 0 Å². The minimum atomic E-state index is -4.32. The topological polar surface area (TPSA) is 38.3 Å². The molecular weight excluding hydrogens is 271 g/mol. The van der Waals surface area contributed by atoms with E-state index in [1.165, 1.54) is 12.1 Å². The second kappa shape index (κ2) is 7.28. The van der Waals surface area contributed by atoms with Crippen molar-refractivity contribution in [3.05, 3.63) is 35.4 Å². The monoisotopic (exact) mass is 289 g/mol. The van der Waals surface area contributed by atoms with E-state index < -0.39 is 11.7 Å². The summed E-state index contributed by atoms with van der Waals surface area (Å²) >= 11 is 0. The van der Waals surface area contributed by atoms with E-state index in [-0.39, 0.29) is 11.9 Å². The van der Waals surface area contributed by atoms with Crippen LogP contribution in [0.1, 0.15) is 25.0 Å². The van der Waals surface area contributed by atoms with Crippen molar-refractivity contribution in [2.45, 2.75) is 26.6 Å². The summed E-state index contributed by atoms with van der Waals surface area (Å²) < 4.78 is 42.0. The first-order chi connectivity index (χ1) is 9.34. The molecule has 1 N–H and O–H groups in total. The van der Waals surface area contributed by atoms with E-state index in [4.69, 9.17) is 4.74 Å². The standard InChI is InChI=1S/C14H18F3NO2/c1-3-20-13(19)10(2)8-18-9-11-4-6-12(7-5-11)14(15,16)17/h4-7,10,18H,3,8-9H2,1-2H3. The molecule has 0 aromatic heterocycles. The van der Waals surface area contributed by atoms with Crippen LogP contribution in [-0.2, 0) is 22.3 Å². The fraction of sp³-hybridized carbons (Fsp3) is 0.500. The number of hydrogen-bond donors (Lipinski definition) is 1. The van der Waals surface area contributed by atoms with E-state index in [2.05, 4.69) is 5.32 Å². The fourth-order valence-corrected chi connectivity index (χ4v) is 1.61. The highest BCUT2D eigenvalue weighted by Gasteiger charge is 2.29. The van der Waals surface area contributed by atoms with Crippen LogP contribution in [0.5, 0.6) is 0 Å². The average molecular weight is 289 g/mol. The molecule has 3 nitrogen and oxygen atoms in total. The number of esters is 1. The molecule has 20 heavy (non-hydrogen) atoms. The van der Waals surface area contributed by atoms with Crippen molar-refractivity contribution in [2.24, 2.45) is 5.92 Å². The molecule has 1 unspecified atom stereocenters. The molecule has 0 saturated heterocycles. The first-order valence-electron chi connectivity index (χ1n) is 6.38. The molecule has 0 bridgehead atoms. The van der Waals surface area contributed by atoms with Crippen LogP contribution in [0.15, 0.2) is 24.3 Å². The third-order valence-electron chi connectivity index (χ3n) is 2.75. The molecule has 1 aromatic rings. The van der Waals surface area contributed by atoms with E-state index >= 15 is 0 Å². The molecule has 0 heterocycles. The van der Waals surface area contributed by atoms with Crippen molar-refractivity contribution in [3.8, 4) is 0 Å². The Morgan fingerprint density at radius 1 is 1.30 bits per heavy atom. The highest BCUT2D eigenvalue weighted by molar-refractivity contribution is 5.72. The molecule has 0 amide bonds. The van der Waals surface area contributed by atoms with Gasteiger partial charge in [-0.05, 0) is 24.6 Å². The van der Waals surface area contributed by atoms with Crippen molar-refractivity contribution in [3.63, 3.8) is 0 Å². The predicted octanol–water partition coefficient (Wildman–Crippen LogP) is 2.99. The minimum absolute atomic E-state index is 0.285. The van der Waals surface area contributed by atoms with Crippen molar-refractivity contribution < 1.29 is 22.7 Å². The molecule has 0 aliphatic rings. The van der Waals surface area contributed by atoms with Crippen LogP contribution in [-0.4, -0.2) is 19.1 Å². The van der Waals surface area contributed by atoms with Crippen molar-refractivity contribution in [1.29, 1.82) is 0 Å². The summed E-state index contributed by atoms with van der Waals surface area (Å²) in [7, 11) is 0. The predicted molar refractivity (Wildman–Crippen MR) is 68.9 cm³/mol. The van der Waals surface area contributed by atoms with E-state index in [0.29, 0.717) is 19.7 Å². The van der Waals surface area contributed by atoms with E-state index in [0.717, 1.165) is 17.7 Å². The maximum Gasteiger partial charge on any atom is 0.416 e. The molecule has 0 aliphatic heterocycles. The van der Waals surface area contributed by atoms with Crippen LogP contribution < -0.4 is 5.32 Å². The molecule has 0 spiro atoms. The summed E-state index contributed by atoms with van der Waals surface area (Å²) in [5.74, 6) is -0.572. The number of ether oxygens (including phenoxy) is 1. The summed E-state index contributed by atoms with van der Waals surface area (Å²) in [6, 6.07) is 4.94. The normalized spacial score (nSPS) is 13.1. The van der Waals surface area contributed by atoms with E-state index in [1.807, 2.05) is 0 Å². The van der Waals surface area contributed by atoms with Crippen LogP contribution >= 0.6 is 0 Å². The number of carbonyl (C=O) groups excluding carboxylic acids is 1. The van der Waals surface area contributed by atoms with Crippen molar-refractivity contribution >= 4 is 5.97 Å². The zero-order valence-corrected chi connectivity index (χ0v) is 11.5. The lowest BCUT2D eigenvalue weighted by molar-refractivity contribution is -0.147. The Kier molecular flexibility index (Phi) is 6.01. The summed E-state index contributed by atoms with van der Waals surface area (Å²) in [6.45, 7) is 4.63. The van der Waals surface area contributed by atoms with Gasteiger partial charge in [0.2, 0.25) is 0 Å². The van der Waals surface area contributed by atoms with Gasteiger partial charge in [0.1, 0.15) is 0 Å². The van der Waals surface area contributed by atoms with Gasteiger partial charge >= 0.3 is 12.1 Å². The zero-order chi connectivity index (χ0) is 15.2. The van der Waals surface area contributed by atoms with Crippen LogP contribution in [0.25, 0.3) is 0 Å². The molecule has 112 valence electrons. The lowest BCUT2D eigenvalue weighted by Crippen LogP contribution is -2.27. The van der Waals surface area contributed by atoms with Gasteiger partial charge in [-0.2, -0.15) is 13.2 Å². The lowest BCUT2D eigenvalue weighted by atomic mass is 10.1. The molecule has 1 atom stereocenters. The Hall–Kier alpha value is -1.56. The molecule has 0 aliphatic carbocycles. The number of halogens is 3. The molecule has 0 saturated carbocycles. The first-order valence-corrected chi connectivity index (χ1v) is 6.38. The first kappa shape index (κ1) is 16.5. The molecular formula is C14H18F3NO2. The Balaban J connectivity index is 2.41. The maximum atomic E-state index is 12.4. The van der Waals surface area contributed by atoms with Crippen LogP contribution in [0.4, 0.5) is 13.2 Å². The summed E-state index contributed by atoms with van der Waals surface area (Å²) in [5, 5.41) is 3.02. The molecule has 1 rings (SSSR count). The molecule has 0 radical (unpaired) electrons. The van der Waals surface area contributed by atoms with Crippen LogP contribution in [0, 0.1) is 5.92 Å². The molecule has 1 aromatic carbocycles. The van der Waals surface area contributed by atoms with Gasteiger partial charge in [-0.3, -0.25) is 4.79 Å². The third-order valence-corrected chi connectivity index (χ3v) is 2.75. The van der Waals surface area contributed by atoms with Gasteiger partial charge < -0.3 is 10.1 Å². The van der Waals surface area contributed by atoms with Gasteiger partial charge in [-0.25, -0.2) is 0 Å². The van der Waals surface area contributed by atoms with Crippen LogP contribution in [0.3, 0.4) is 0 Å². The van der Waals surface area contributed by atoms with Crippen LogP contribution in [0.2, 0.25) is 0 Å². The Morgan fingerprint density at radius 2 is 1.90 bits per heavy atom. The quantitative estimate of drug-likeness (QED) is 0.818. The second-order valence-corrected chi connectivity index (χ2v) is 4.48. The SMILES string of the molecule is CCOC(=O)C(C)CNCc1ccc(C(F)(F)F)cc1.